The van der Waals surface area contributed by atoms with Crippen molar-refractivity contribution in [3.63, 3.8) is 0 Å². The van der Waals surface area contributed by atoms with Gasteiger partial charge in [-0.2, -0.15) is 5.10 Å². The first kappa shape index (κ1) is 11.0. The zero-order valence-electron chi connectivity index (χ0n) is 8.77. The van der Waals surface area contributed by atoms with Crippen molar-refractivity contribution in [3.8, 4) is 0 Å². The van der Waals surface area contributed by atoms with Gasteiger partial charge in [0.15, 0.2) is 0 Å². The highest BCUT2D eigenvalue weighted by Gasteiger charge is 1.99. The van der Waals surface area contributed by atoms with Gasteiger partial charge < -0.3 is 4.74 Å². The minimum Gasteiger partial charge on any atom is -0.380 e. The summed E-state index contributed by atoms with van der Waals surface area (Å²) in [5.74, 6) is 0. The molecule has 0 saturated heterocycles. The fourth-order valence-electron chi connectivity index (χ4n) is 1.07. The summed E-state index contributed by atoms with van der Waals surface area (Å²) in [4.78, 5) is 11.3. The van der Waals surface area contributed by atoms with Gasteiger partial charge in [-0.05, 0) is 6.42 Å². The van der Waals surface area contributed by atoms with Crippen LogP contribution in [0.4, 0.5) is 0 Å². The lowest BCUT2D eigenvalue weighted by Crippen LogP contribution is -2.24. The Bertz CT molecular complexity index is 316. The van der Waals surface area contributed by atoms with Gasteiger partial charge in [-0.1, -0.05) is 13.3 Å². The van der Waals surface area contributed by atoms with Crippen molar-refractivity contribution in [1.29, 1.82) is 0 Å². The van der Waals surface area contributed by atoms with Gasteiger partial charge in [-0.3, -0.25) is 4.57 Å². The Balaban J connectivity index is 2.25. The summed E-state index contributed by atoms with van der Waals surface area (Å²) < 4.78 is 8.19. The predicted octanol–water partition coefficient (Wildman–Crippen LogP) is 0.399. The second-order valence-corrected chi connectivity index (χ2v) is 3.21. The highest BCUT2D eigenvalue weighted by atomic mass is 16.5. The summed E-state index contributed by atoms with van der Waals surface area (Å²) in [6.07, 6.45) is 3.70. The van der Waals surface area contributed by atoms with Gasteiger partial charge in [0.05, 0.1) is 13.2 Å². The topological polar surface area (TPSA) is 49.0 Å². The third-order valence-electron chi connectivity index (χ3n) is 1.98. The number of unbranched alkanes of at least 4 members (excludes halogenated alkanes) is 1. The fraction of sp³-hybridized carbons (Fsp3) is 0.778. The van der Waals surface area contributed by atoms with E-state index in [1.807, 2.05) is 0 Å². The maximum absolute atomic E-state index is 11.3. The van der Waals surface area contributed by atoms with Crippen molar-refractivity contribution in [3.05, 3.63) is 16.8 Å². The second kappa shape index (κ2) is 5.59. The Morgan fingerprint density at radius 2 is 2.29 bits per heavy atom. The molecule has 0 atom stereocenters. The second-order valence-electron chi connectivity index (χ2n) is 3.21. The lowest BCUT2D eigenvalue weighted by molar-refractivity contribution is 0.120. The molecule has 0 aliphatic heterocycles. The fourth-order valence-corrected chi connectivity index (χ4v) is 1.07. The average molecular weight is 199 g/mol. The number of aromatic nitrogens is 3. The Kier molecular flexibility index (Phi) is 4.39. The summed E-state index contributed by atoms with van der Waals surface area (Å²) in [6.45, 7) is 3.96. The maximum atomic E-state index is 11.3. The van der Waals surface area contributed by atoms with Crippen molar-refractivity contribution in [2.45, 2.75) is 26.3 Å². The molecule has 0 saturated carbocycles. The minimum atomic E-state index is -0.0934. The van der Waals surface area contributed by atoms with Crippen LogP contribution in [0.3, 0.4) is 0 Å². The van der Waals surface area contributed by atoms with Crippen LogP contribution in [0.2, 0.25) is 0 Å². The maximum Gasteiger partial charge on any atom is 0.345 e. The van der Waals surface area contributed by atoms with Crippen molar-refractivity contribution in [2.75, 3.05) is 13.2 Å². The van der Waals surface area contributed by atoms with Crippen molar-refractivity contribution in [1.82, 2.24) is 14.3 Å². The minimum absolute atomic E-state index is 0.0934. The third kappa shape index (κ3) is 2.99. The molecule has 0 spiro atoms. The smallest absolute Gasteiger partial charge is 0.345 e. The number of rotatable bonds is 6. The van der Waals surface area contributed by atoms with E-state index in [-0.39, 0.29) is 5.69 Å². The van der Waals surface area contributed by atoms with E-state index in [4.69, 9.17) is 4.74 Å². The van der Waals surface area contributed by atoms with Crippen LogP contribution in [0.25, 0.3) is 0 Å². The molecule has 0 radical (unpaired) electrons. The first-order valence-corrected chi connectivity index (χ1v) is 4.92. The first-order valence-electron chi connectivity index (χ1n) is 4.92. The lowest BCUT2D eigenvalue weighted by atomic mass is 10.4. The van der Waals surface area contributed by atoms with E-state index < -0.39 is 0 Å². The van der Waals surface area contributed by atoms with Crippen LogP contribution in [0.5, 0.6) is 0 Å². The zero-order valence-corrected chi connectivity index (χ0v) is 8.77. The molecule has 0 aliphatic rings. The molecule has 0 fully saturated rings. The molecular weight excluding hydrogens is 182 g/mol. The average Bonchev–Trinajstić information content (AvgIpc) is 2.49. The van der Waals surface area contributed by atoms with E-state index >= 15 is 0 Å². The Labute approximate surface area is 83.3 Å². The molecule has 0 N–H and O–H groups in total. The van der Waals surface area contributed by atoms with Crippen LogP contribution in [0, 0.1) is 0 Å². The van der Waals surface area contributed by atoms with Crippen molar-refractivity contribution < 1.29 is 4.74 Å². The molecule has 0 amide bonds. The van der Waals surface area contributed by atoms with Crippen LogP contribution in [0.1, 0.15) is 19.8 Å². The number of nitrogens with zero attached hydrogens (tertiary/aromatic N) is 3. The molecule has 0 bridgehead atoms. The SMILES string of the molecule is CCCCOCCn1ncn(C)c1=O. The molecule has 5 heteroatoms. The molecule has 1 rings (SSSR count). The molecular formula is C9H17N3O2. The normalized spacial score (nSPS) is 10.7. The van der Waals surface area contributed by atoms with E-state index in [0.29, 0.717) is 13.2 Å². The van der Waals surface area contributed by atoms with E-state index in [0.717, 1.165) is 19.4 Å². The molecule has 5 nitrogen and oxygen atoms in total. The highest BCUT2D eigenvalue weighted by molar-refractivity contribution is 4.64. The summed E-state index contributed by atoms with van der Waals surface area (Å²) in [6, 6.07) is 0. The van der Waals surface area contributed by atoms with E-state index in [9.17, 15) is 4.79 Å². The van der Waals surface area contributed by atoms with Crippen LogP contribution in [-0.4, -0.2) is 27.6 Å². The summed E-state index contributed by atoms with van der Waals surface area (Å²) in [5, 5.41) is 3.92. The summed E-state index contributed by atoms with van der Waals surface area (Å²) in [7, 11) is 1.68. The molecule has 0 unspecified atom stereocenters. The summed E-state index contributed by atoms with van der Waals surface area (Å²) in [5.41, 5.74) is -0.0934. The molecule has 80 valence electrons. The van der Waals surface area contributed by atoms with Crippen LogP contribution >= 0.6 is 0 Å². The van der Waals surface area contributed by atoms with E-state index in [1.54, 1.807) is 7.05 Å². The Morgan fingerprint density at radius 1 is 1.50 bits per heavy atom. The van der Waals surface area contributed by atoms with Gasteiger partial charge in [0.1, 0.15) is 6.33 Å². The van der Waals surface area contributed by atoms with Crippen LogP contribution in [-0.2, 0) is 18.3 Å². The molecule has 1 aromatic heterocycles. The van der Waals surface area contributed by atoms with Gasteiger partial charge in [0.25, 0.3) is 0 Å². The Hall–Kier alpha value is -1.10. The Morgan fingerprint density at radius 3 is 2.86 bits per heavy atom. The van der Waals surface area contributed by atoms with Gasteiger partial charge in [0.2, 0.25) is 0 Å². The first-order chi connectivity index (χ1) is 6.75. The highest BCUT2D eigenvalue weighted by Crippen LogP contribution is 1.88. The van der Waals surface area contributed by atoms with Crippen molar-refractivity contribution in [2.24, 2.45) is 7.05 Å². The van der Waals surface area contributed by atoms with Gasteiger partial charge in [-0.15, -0.1) is 0 Å². The largest absolute Gasteiger partial charge is 0.380 e. The van der Waals surface area contributed by atoms with Crippen LogP contribution in [0.15, 0.2) is 11.1 Å². The van der Waals surface area contributed by atoms with Gasteiger partial charge in [0, 0.05) is 13.7 Å². The number of ether oxygens (including phenoxy) is 1. The van der Waals surface area contributed by atoms with E-state index in [2.05, 4.69) is 12.0 Å². The van der Waals surface area contributed by atoms with Crippen LogP contribution < -0.4 is 5.69 Å². The number of hydrogen-bond donors (Lipinski definition) is 0. The number of aryl methyl sites for hydroxylation is 1. The lowest BCUT2D eigenvalue weighted by Gasteiger charge is -2.01. The molecule has 0 aliphatic carbocycles. The molecule has 0 aromatic carbocycles. The van der Waals surface area contributed by atoms with Gasteiger partial charge in [-0.25, -0.2) is 9.48 Å². The summed E-state index contributed by atoms with van der Waals surface area (Å²) >= 11 is 0. The monoisotopic (exact) mass is 199 g/mol. The van der Waals surface area contributed by atoms with E-state index in [1.165, 1.54) is 15.6 Å². The van der Waals surface area contributed by atoms with Gasteiger partial charge >= 0.3 is 5.69 Å². The molecule has 1 aromatic rings. The van der Waals surface area contributed by atoms with Crippen molar-refractivity contribution >= 4 is 0 Å². The third-order valence-corrected chi connectivity index (χ3v) is 1.98. The zero-order chi connectivity index (χ0) is 10.4. The number of hydrogen-bond acceptors (Lipinski definition) is 3. The standard InChI is InChI=1S/C9H17N3O2/c1-3-4-6-14-7-5-12-9(13)11(2)8-10-12/h8H,3-7H2,1-2H3. The predicted molar refractivity (Wildman–Crippen MR) is 53.2 cm³/mol. The quantitative estimate of drug-likeness (QED) is 0.623. The molecule has 1 heterocycles. The molecule has 14 heavy (non-hydrogen) atoms.